The van der Waals surface area contributed by atoms with Gasteiger partial charge in [-0.3, -0.25) is 18.5 Å². The predicted octanol–water partition coefficient (Wildman–Crippen LogP) is 4.12. The third-order valence-corrected chi connectivity index (χ3v) is 12.1. The van der Waals surface area contributed by atoms with E-state index in [2.05, 4.69) is 4.90 Å². The number of fused-ring (bicyclic) bond motifs is 3. The minimum atomic E-state index is -4.58. The molecule has 3 aliphatic rings. The maximum absolute atomic E-state index is 12.3. The van der Waals surface area contributed by atoms with Crippen LogP contribution in [0.3, 0.4) is 0 Å². The first-order valence-corrected chi connectivity index (χ1v) is 21.2. The summed E-state index contributed by atoms with van der Waals surface area (Å²) in [5.74, 6) is -0.687. The quantitative estimate of drug-likeness (QED) is 0.0502. The smallest absolute Gasteiger partial charge is 0.295 e. The molecule has 0 saturated carbocycles. The Kier molecular flexibility index (Phi) is 10.7. The topological polar surface area (TPSA) is 222 Å². The molecule has 18 heteroatoms. The van der Waals surface area contributed by atoms with Crippen LogP contribution in [0.4, 0.5) is 5.69 Å². The molecule has 0 fully saturated rings. The van der Waals surface area contributed by atoms with Crippen LogP contribution in [0.15, 0.2) is 93.1 Å². The minimum Gasteiger partial charge on any atom is -0.468 e. The fourth-order valence-electron chi connectivity index (χ4n) is 7.07. The standard InChI is InChI=1S/C36H37N3O12S3/c1-36(2)19-26(22-52(41,42)43)29-17-31-34(18-32(29)39(36)14-5-15-50-23-40)51-33-16-27(10-13-30(33)37-31)38(20-24-8-11-28(12-9-24)53(44,45)46)21-25-6-3-4-7-35(25)54(47,48)49/h3-4,6-13,16-18,23,26H,5,14-15,19-22H2,1-2H3,(H2-,41,42,43,44,45,46,47,48,49)/p+1. The number of carbonyl (C=O) groups is 1. The molecule has 0 radical (unpaired) electrons. The molecule has 0 bridgehead atoms. The van der Waals surface area contributed by atoms with E-state index in [4.69, 9.17) is 14.1 Å². The molecule has 0 amide bonds. The summed E-state index contributed by atoms with van der Waals surface area (Å²) in [6, 6.07) is 20.2. The minimum absolute atomic E-state index is 0.0109. The average molecular weight is 801 g/mol. The second-order valence-corrected chi connectivity index (χ2v) is 18.0. The van der Waals surface area contributed by atoms with E-state index in [1.807, 2.05) is 13.8 Å². The van der Waals surface area contributed by atoms with Crippen LogP contribution < -0.4 is 14.8 Å². The number of carbonyl (C=O) groups excluding carboxylic acids is 1. The molecule has 3 aromatic carbocycles. The van der Waals surface area contributed by atoms with Crippen LogP contribution >= 0.6 is 0 Å². The molecular formula is C36H38N3O12S3+. The van der Waals surface area contributed by atoms with Crippen molar-refractivity contribution in [3.05, 3.63) is 101 Å². The van der Waals surface area contributed by atoms with Crippen LogP contribution in [-0.4, -0.2) is 74.8 Å². The Labute approximate surface area is 312 Å². The first-order chi connectivity index (χ1) is 25.3. The largest absolute Gasteiger partial charge is 0.468 e. The van der Waals surface area contributed by atoms with Crippen molar-refractivity contribution in [3.8, 4) is 11.5 Å². The van der Waals surface area contributed by atoms with Gasteiger partial charge in [0.2, 0.25) is 5.36 Å². The van der Waals surface area contributed by atoms with Crippen molar-refractivity contribution in [1.29, 1.82) is 0 Å². The molecule has 1 unspecified atom stereocenters. The van der Waals surface area contributed by atoms with E-state index in [-0.39, 0.29) is 35.1 Å². The number of nitrogens with zero attached hydrogens (tertiary/aromatic N) is 3. The fourth-order valence-corrected chi connectivity index (χ4v) is 9.07. The summed E-state index contributed by atoms with van der Waals surface area (Å²) in [6.07, 6.45) is 0.900. The Morgan fingerprint density at radius 2 is 1.65 bits per heavy atom. The van der Waals surface area contributed by atoms with Gasteiger partial charge in [-0.1, -0.05) is 30.3 Å². The van der Waals surface area contributed by atoms with Gasteiger partial charge in [-0.25, -0.2) is 9.56 Å². The predicted molar refractivity (Wildman–Crippen MR) is 198 cm³/mol. The second kappa shape index (κ2) is 14.8. The molecule has 286 valence electrons. The normalized spacial score (nSPS) is 16.6. The van der Waals surface area contributed by atoms with Gasteiger partial charge in [-0.2, -0.15) is 25.3 Å². The maximum atomic E-state index is 12.3. The first kappa shape index (κ1) is 39.0. The summed E-state index contributed by atoms with van der Waals surface area (Å²) in [7, 11) is -13.4. The highest BCUT2D eigenvalue weighted by atomic mass is 32.2. The lowest BCUT2D eigenvalue weighted by Crippen LogP contribution is -2.50. The van der Waals surface area contributed by atoms with Gasteiger partial charge in [0.1, 0.15) is 16.1 Å². The fraction of sp³-hybridized carbons (Fsp3) is 0.306. The van der Waals surface area contributed by atoms with Gasteiger partial charge in [-0.05, 0) is 62.6 Å². The Morgan fingerprint density at radius 1 is 0.926 bits per heavy atom. The van der Waals surface area contributed by atoms with E-state index >= 15 is 0 Å². The van der Waals surface area contributed by atoms with E-state index in [1.54, 1.807) is 47.0 Å². The van der Waals surface area contributed by atoms with Gasteiger partial charge < -0.3 is 14.1 Å². The number of rotatable bonds is 13. The highest BCUT2D eigenvalue weighted by molar-refractivity contribution is 7.86. The van der Waals surface area contributed by atoms with Crippen molar-refractivity contribution in [3.63, 3.8) is 0 Å². The summed E-state index contributed by atoms with van der Waals surface area (Å²) in [6.45, 7) is 5.08. The summed E-state index contributed by atoms with van der Waals surface area (Å²) in [4.78, 5) is 17.1. The molecule has 54 heavy (non-hydrogen) atoms. The van der Waals surface area contributed by atoms with Crippen LogP contribution in [0.1, 0.15) is 49.3 Å². The van der Waals surface area contributed by atoms with Gasteiger partial charge in [-0.15, -0.1) is 0 Å². The molecule has 2 heterocycles. The van der Waals surface area contributed by atoms with Crippen LogP contribution in [0.5, 0.6) is 0 Å². The Bertz CT molecular complexity index is 2600. The van der Waals surface area contributed by atoms with Crippen molar-refractivity contribution in [2.24, 2.45) is 0 Å². The van der Waals surface area contributed by atoms with Crippen molar-refractivity contribution >= 4 is 53.6 Å². The lowest BCUT2D eigenvalue weighted by atomic mass is 9.79. The van der Waals surface area contributed by atoms with Gasteiger partial charge in [0, 0.05) is 46.9 Å². The van der Waals surface area contributed by atoms with Crippen LogP contribution in [0.2, 0.25) is 0 Å². The van der Waals surface area contributed by atoms with E-state index in [0.717, 1.165) is 0 Å². The van der Waals surface area contributed by atoms with Crippen LogP contribution in [0, 0.1) is 0 Å². The number of hydrogen-bond acceptors (Lipinski definition) is 11. The van der Waals surface area contributed by atoms with Gasteiger partial charge in [0.25, 0.3) is 36.8 Å². The van der Waals surface area contributed by atoms with E-state index < -0.39 is 47.6 Å². The van der Waals surface area contributed by atoms with Gasteiger partial charge in [0.15, 0.2) is 24.4 Å². The molecule has 2 aliphatic heterocycles. The van der Waals surface area contributed by atoms with E-state index in [0.29, 0.717) is 70.6 Å². The second-order valence-electron chi connectivity index (χ2n) is 13.7. The molecule has 0 aromatic heterocycles. The zero-order valence-electron chi connectivity index (χ0n) is 29.2. The van der Waals surface area contributed by atoms with E-state index in [1.165, 1.54) is 36.4 Å². The maximum Gasteiger partial charge on any atom is 0.295 e. The molecule has 1 aliphatic carbocycles. The Morgan fingerprint density at radius 3 is 2.31 bits per heavy atom. The molecule has 3 N–H and O–H groups in total. The number of ether oxygens (including phenoxy) is 1. The Balaban J connectivity index is 1.51. The summed E-state index contributed by atoms with van der Waals surface area (Å²) < 4.78 is 114. The molecule has 3 aromatic rings. The highest BCUT2D eigenvalue weighted by Gasteiger charge is 2.40. The molecule has 15 nitrogen and oxygen atoms in total. The van der Waals surface area contributed by atoms with Gasteiger partial charge in [0.05, 0.1) is 23.3 Å². The zero-order valence-corrected chi connectivity index (χ0v) is 31.6. The van der Waals surface area contributed by atoms with Crippen LogP contribution in [-0.2, 0) is 53.0 Å². The summed E-state index contributed by atoms with van der Waals surface area (Å²) in [5.41, 5.74) is 2.95. The third-order valence-electron chi connectivity index (χ3n) is 9.41. The monoisotopic (exact) mass is 800 g/mol. The Hall–Kier alpha value is -4.72. The van der Waals surface area contributed by atoms with Crippen molar-refractivity contribution in [2.45, 2.75) is 61.0 Å². The lowest BCUT2D eigenvalue weighted by Gasteiger charge is -2.48. The number of anilines is 1. The van der Waals surface area contributed by atoms with Crippen molar-refractivity contribution in [2.75, 3.05) is 23.8 Å². The summed E-state index contributed by atoms with van der Waals surface area (Å²) in [5, 5.41) is 0.556. The number of hydrogen-bond donors (Lipinski definition) is 3. The lowest BCUT2D eigenvalue weighted by molar-refractivity contribution is -0.128. The van der Waals surface area contributed by atoms with Crippen LogP contribution in [0.25, 0.3) is 22.6 Å². The molecule has 0 spiro atoms. The van der Waals surface area contributed by atoms with Gasteiger partial charge >= 0.3 is 0 Å². The molecular weight excluding hydrogens is 763 g/mol. The number of aromatic nitrogens is 1. The highest BCUT2D eigenvalue weighted by Crippen LogP contribution is 2.46. The molecule has 1 atom stereocenters. The zero-order chi connectivity index (χ0) is 39.1. The SMILES string of the molecule is CC1(C)CC(CS(=O)(=O)O)c2cc3nc4ccc(=[N+](Cc5ccc(S(=O)(=O)O)cc5)Cc5ccccc5S(=O)(=O)O)cc-4oc3cc2N1CCCOC=O. The number of benzene rings is 4. The van der Waals surface area contributed by atoms with Crippen molar-refractivity contribution in [1.82, 2.24) is 9.56 Å². The van der Waals surface area contributed by atoms with Crippen molar-refractivity contribution < 1.29 is 52.9 Å². The average Bonchev–Trinajstić information content (AvgIpc) is 3.08. The first-order valence-electron chi connectivity index (χ1n) is 16.7. The van der Waals surface area contributed by atoms with E-state index in [9.17, 15) is 43.7 Å². The molecule has 0 saturated heterocycles. The third kappa shape index (κ3) is 8.80. The molecule has 6 rings (SSSR count). The summed E-state index contributed by atoms with van der Waals surface area (Å²) >= 11 is 0.